The van der Waals surface area contributed by atoms with Crippen molar-refractivity contribution >= 4 is 39.3 Å². The molecule has 0 unspecified atom stereocenters. The molecule has 0 amide bonds. The Morgan fingerprint density at radius 1 is 1.57 bits per heavy atom. The van der Waals surface area contributed by atoms with Gasteiger partial charge in [0, 0.05) is 10.5 Å². The quantitative estimate of drug-likeness (QED) is 0.772. The van der Waals surface area contributed by atoms with Gasteiger partial charge in [-0.25, -0.2) is 4.79 Å². The summed E-state index contributed by atoms with van der Waals surface area (Å²) in [5, 5.41) is 0. The van der Waals surface area contributed by atoms with Crippen LogP contribution in [0.1, 0.15) is 12.5 Å². The van der Waals surface area contributed by atoms with E-state index in [9.17, 15) is 4.79 Å². The molecule has 0 N–H and O–H groups in total. The summed E-state index contributed by atoms with van der Waals surface area (Å²) in [6, 6.07) is 7.62. The number of halogens is 2. The molecule has 0 spiro atoms. The van der Waals surface area contributed by atoms with E-state index in [1.54, 1.807) is 0 Å². The van der Waals surface area contributed by atoms with Gasteiger partial charge in [-0.1, -0.05) is 28.1 Å². The van der Waals surface area contributed by atoms with Crippen molar-refractivity contribution in [1.29, 1.82) is 0 Å². The molecule has 0 saturated carbocycles. The van der Waals surface area contributed by atoms with E-state index in [2.05, 4.69) is 20.2 Å². The topological polar surface area (TPSA) is 26.3 Å². The maximum Gasteiger partial charge on any atom is 0.349 e. The van der Waals surface area contributed by atoms with E-state index in [1.165, 1.54) is 6.08 Å². The van der Waals surface area contributed by atoms with Gasteiger partial charge in [-0.05, 0) is 30.2 Å². The zero-order valence-corrected chi connectivity index (χ0v) is 9.80. The fraction of sp³-hybridized carbons (Fsp3) is 0.100. The Bertz CT molecular complexity index is 374. The first kappa shape index (κ1) is 11.3. The third kappa shape index (κ3) is 3.16. The van der Waals surface area contributed by atoms with E-state index in [-0.39, 0.29) is 0 Å². The molecular formula is C10H8BrClO2. The number of carbonyl (C=O) groups is 1. The van der Waals surface area contributed by atoms with Crippen LogP contribution in [0.5, 0.6) is 0 Å². The highest BCUT2D eigenvalue weighted by Gasteiger charge is 2.00. The van der Waals surface area contributed by atoms with Crippen molar-refractivity contribution in [2.75, 3.05) is 0 Å². The summed E-state index contributed by atoms with van der Waals surface area (Å²) in [6.07, 6.45) is 1.34. The van der Waals surface area contributed by atoms with Gasteiger partial charge >= 0.3 is 5.97 Å². The number of benzene rings is 1. The predicted octanol–water partition coefficient (Wildman–Crippen LogP) is 3.55. The zero-order chi connectivity index (χ0) is 10.6. The number of allylic oxidation sites excluding steroid dienone is 1. The first-order valence-corrected chi connectivity index (χ1v) is 5.00. The third-order valence-corrected chi connectivity index (χ3v) is 2.34. The summed E-state index contributed by atoms with van der Waals surface area (Å²) in [5.74, 6) is -0.566. The molecule has 0 aliphatic heterocycles. The van der Waals surface area contributed by atoms with Gasteiger partial charge in [0.25, 0.3) is 0 Å². The Morgan fingerprint density at radius 2 is 2.29 bits per heavy atom. The molecule has 4 heteroatoms. The fourth-order valence-corrected chi connectivity index (χ4v) is 1.46. The predicted molar refractivity (Wildman–Crippen MR) is 59.7 cm³/mol. The van der Waals surface area contributed by atoms with Crippen LogP contribution in [0, 0.1) is 0 Å². The molecule has 0 aliphatic carbocycles. The second-order valence-corrected chi connectivity index (χ2v) is 3.80. The monoisotopic (exact) mass is 274 g/mol. The van der Waals surface area contributed by atoms with Crippen LogP contribution >= 0.6 is 27.8 Å². The summed E-state index contributed by atoms with van der Waals surface area (Å²) < 4.78 is 4.98. The van der Waals surface area contributed by atoms with Crippen LogP contribution in [-0.4, -0.2) is 5.97 Å². The maximum atomic E-state index is 10.8. The van der Waals surface area contributed by atoms with Gasteiger partial charge < -0.3 is 4.29 Å². The number of hydrogen-bond acceptors (Lipinski definition) is 2. The molecule has 14 heavy (non-hydrogen) atoms. The lowest BCUT2D eigenvalue weighted by atomic mass is 10.1. The van der Waals surface area contributed by atoms with Crippen LogP contribution < -0.4 is 0 Å². The minimum Gasteiger partial charge on any atom is -0.344 e. The van der Waals surface area contributed by atoms with E-state index in [4.69, 9.17) is 11.9 Å². The lowest BCUT2D eigenvalue weighted by Crippen LogP contribution is -1.92. The lowest BCUT2D eigenvalue weighted by Gasteiger charge is -2.00. The summed E-state index contributed by atoms with van der Waals surface area (Å²) in [7, 11) is 0. The minimum atomic E-state index is -0.566. The third-order valence-electron chi connectivity index (χ3n) is 1.69. The average Bonchev–Trinajstić information content (AvgIpc) is 2.17. The van der Waals surface area contributed by atoms with Crippen LogP contribution in [0.15, 0.2) is 34.8 Å². The van der Waals surface area contributed by atoms with Crippen molar-refractivity contribution in [1.82, 2.24) is 0 Å². The van der Waals surface area contributed by atoms with Crippen molar-refractivity contribution in [3.63, 3.8) is 0 Å². The molecular weight excluding hydrogens is 267 g/mol. The first-order chi connectivity index (χ1) is 6.63. The molecule has 0 radical (unpaired) electrons. The summed E-state index contributed by atoms with van der Waals surface area (Å²) in [6.45, 7) is 1.82. The van der Waals surface area contributed by atoms with E-state index in [0.29, 0.717) is 0 Å². The molecule has 0 fully saturated rings. The summed E-state index contributed by atoms with van der Waals surface area (Å²) in [5.41, 5.74) is 1.75. The molecule has 0 bridgehead atoms. The van der Waals surface area contributed by atoms with Crippen molar-refractivity contribution in [2.45, 2.75) is 6.92 Å². The first-order valence-electron chi connectivity index (χ1n) is 3.90. The molecule has 0 aromatic heterocycles. The molecule has 0 saturated heterocycles. The maximum absolute atomic E-state index is 10.8. The van der Waals surface area contributed by atoms with Crippen LogP contribution in [0.2, 0.25) is 0 Å². The van der Waals surface area contributed by atoms with Crippen molar-refractivity contribution < 1.29 is 9.08 Å². The van der Waals surface area contributed by atoms with Crippen LogP contribution in [0.25, 0.3) is 5.57 Å². The molecule has 0 aliphatic rings. The fourth-order valence-electron chi connectivity index (χ4n) is 1.02. The normalized spacial score (nSPS) is 11.2. The van der Waals surface area contributed by atoms with E-state index < -0.39 is 5.97 Å². The zero-order valence-electron chi connectivity index (χ0n) is 7.46. The minimum absolute atomic E-state index is 0.566. The highest BCUT2D eigenvalue weighted by molar-refractivity contribution is 9.10. The molecule has 1 aromatic carbocycles. The number of carbonyl (C=O) groups excluding carboxylic acids is 1. The SMILES string of the molecule is C/C(=C\C(=O)OCl)c1cccc(Br)c1. The Hall–Kier alpha value is -0.800. The molecule has 1 rings (SSSR count). The van der Waals surface area contributed by atoms with E-state index in [1.807, 2.05) is 31.2 Å². The Labute approximate surface area is 95.8 Å². The Kier molecular flexibility index (Phi) is 4.17. The van der Waals surface area contributed by atoms with Crippen molar-refractivity contribution in [3.05, 3.63) is 40.4 Å². The van der Waals surface area contributed by atoms with Crippen LogP contribution in [-0.2, 0) is 9.08 Å². The molecule has 1 aromatic rings. The molecule has 0 heterocycles. The lowest BCUT2D eigenvalue weighted by molar-refractivity contribution is -0.128. The van der Waals surface area contributed by atoms with Crippen molar-refractivity contribution in [2.24, 2.45) is 0 Å². The number of rotatable bonds is 2. The number of hydrogen-bond donors (Lipinski definition) is 0. The Morgan fingerprint density at radius 3 is 2.86 bits per heavy atom. The van der Waals surface area contributed by atoms with Crippen molar-refractivity contribution in [3.8, 4) is 0 Å². The average molecular weight is 276 g/mol. The molecule has 0 atom stereocenters. The molecule has 74 valence electrons. The Balaban J connectivity index is 2.94. The van der Waals surface area contributed by atoms with E-state index >= 15 is 0 Å². The second-order valence-electron chi connectivity index (χ2n) is 2.73. The smallest absolute Gasteiger partial charge is 0.344 e. The van der Waals surface area contributed by atoms with Gasteiger partial charge in [-0.3, -0.25) is 0 Å². The van der Waals surface area contributed by atoms with Gasteiger partial charge in [-0.2, -0.15) is 0 Å². The van der Waals surface area contributed by atoms with Gasteiger partial charge in [0.2, 0.25) is 0 Å². The van der Waals surface area contributed by atoms with Gasteiger partial charge in [0.05, 0.1) is 0 Å². The summed E-state index contributed by atoms with van der Waals surface area (Å²) in [4.78, 5) is 10.8. The van der Waals surface area contributed by atoms with Crippen LogP contribution in [0.4, 0.5) is 0 Å². The molecule has 2 nitrogen and oxygen atoms in total. The van der Waals surface area contributed by atoms with Crippen LogP contribution in [0.3, 0.4) is 0 Å². The highest BCUT2D eigenvalue weighted by Crippen LogP contribution is 2.18. The van der Waals surface area contributed by atoms with Gasteiger partial charge in [-0.15, -0.1) is 0 Å². The van der Waals surface area contributed by atoms with Gasteiger partial charge in [0.15, 0.2) is 0 Å². The second kappa shape index (κ2) is 5.17. The standard InChI is InChI=1S/C10H8BrClO2/c1-7(5-10(13)14-12)8-3-2-4-9(11)6-8/h2-6H,1H3/b7-5+. The largest absolute Gasteiger partial charge is 0.349 e. The van der Waals surface area contributed by atoms with Gasteiger partial charge in [0.1, 0.15) is 11.9 Å². The van der Waals surface area contributed by atoms with E-state index in [0.717, 1.165) is 15.6 Å². The highest BCUT2D eigenvalue weighted by atomic mass is 79.9. The summed E-state index contributed by atoms with van der Waals surface area (Å²) >= 11 is 8.26.